The van der Waals surface area contributed by atoms with Crippen molar-refractivity contribution < 1.29 is 9.90 Å². The lowest BCUT2D eigenvalue weighted by molar-refractivity contribution is 0.102. The number of phenols is 1. The maximum Gasteiger partial charge on any atom is 0.255 e. The maximum absolute atomic E-state index is 12.1. The maximum atomic E-state index is 12.1. The largest absolute Gasteiger partial charge is 0.508 e. The molecule has 0 atom stereocenters. The highest BCUT2D eigenvalue weighted by Gasteiger charge is 2.08. The summed E-state index contributed by atoms with van der Waals surface area (Å²) in [6.07, 6.45) is 0.958. The number of rotatable bonds is 4. The second kappa shape index (κ2) is 6.57. The Morgan fingerprint density at radius 1 is 1.20 bits per heavy atom. The van der Waals surface area contributed by atoms with E-state index in [2.05, 4.69) is 21.2 Å². The predicted molar refractivity (Wildman–Crippen MR) is 84.7 cm³/mol. The van der Waals surface area contributed by atoms with Crippen molar-refractivity contribution >= 4 is 27.5 Å². The van der Waals surface area contributed by atoms with Crippen LogP contribution < -0.4 is 5.32 Å². The van der Waals surface area contributed by atoms with Crippen molar-refractivity contribution in [3.05, 3.63) is 59.2 Å². The number of anilines is 1. The molecule has 0 heterocycles. The van der Waals surface area contributed by atoms with Crippen LogP contribution in [0.2, 0.25) is 0 Å². The summed E-state index contributed by atoms with van der Waals surface area (Å²) in [5.74, 6) is -0.0983. The molecule has 0 fully saturated rings. The third-order valence-corrected chi connectivity index (χ3v) is 3.46. The summed E-state index contributed by atoms with van der Waals surface area (Å²) in [5, 5.41) is 13.4. The summed E-state index contributed by atoms with van der Waals surface area (Å²) >= 11 is 3.39. The monoisotopic (exact) mass is 333 g/mol. The molecule has 0 spiro atoms. The van der Waals surface area contributed by atoms with Gasteiger partial charge in [0.05, 0.1) is 0 Å². The van der Waals surface area contributed by atoms with Crippen molar-refractivity contribution in [2.45, 2.75) is 13.3 Å². The number of benzene rings is 2. The van der Waals surface area contributed by atoms with E-state index in [0.29, 0.717) is 5.56 Å². The van der Waals surface area contributed by atoms with Gasteiger partial charge in [-0.15, -0.1) is 0 Å². The molecule has 1 amide bonds. The van der Waals surface area contributed by atoms with Crippen molar-refractivity contribution in [3.8, 4) is 5.75 Å². The van der Waals surface area contributed by atoms with Gasteiger partial charge in [0.25, 0.3) is 5.91 Å². The van der Waals surface area contributed by atoms with E-state index in [-0.39, 0.29) is 11.7 Å². The zero-order valence-corrected chi connectivity index (χ0v) is 12.8. The van der Waals surface area contributed by atoms with E-state index in [1.165, 1.54) is 11.6 Å². The van der Waals surface area contributed by atoms with E-state index in [0.717, 1.165) is 23.0 Å². The summed E-state index contributed by atoms with van der Waals surface area (Å²) in [7, 11) is 0. The highest BCUT2D eigenvalue weighted by molar-refractivity contribution is 9.09. The molecule has 0 aliphatic carbocycles. The van der Waals surface area contributed by atoms with E-state index >= 15 is 0 Å². The summed E-state index contributed by atoms with van der Waals surface area (Å²) in [4.78, 5) is 12.1. The van der Waals surface area contributed by atoms with Crippen LogP contribution in [0.25, 0.3) is 0 Å². The van der Waals surface area contributed by atoms with Gasteiger partial charge in [-0.05, 0) is 48.7 Å². The first kappa shape index (κ1) is 14.6. The minimum Gasteiger partial charge on any atom is -0.508 e. The minimum absolute atomic E-state index is 0.130. The lowest BCUT2D eigenvalue weighted by Crippen LogP contribution is -2.11. The van der Waals surface area contributed by atoms with Crippen LogP contribution in [0.15, 0.2) is 42.5 Å². The molecule has 0 bridgehead atoms. The zero-order chi connectivity index (χ0) is 14.5. The average molecular weight is 334 g/mol. The fraction of sp³-hybridized carbons (Fsp3) is 0.188. The first-order chi connectivity index (χ1) is 9.60. The van der Waals surface area contributed by atoms with Crippen LogP contribution in [0.5, 0.6) is 5.75 Å². The molecule has 3 nitrogen and oxygen atoms in total. The Balaban J connectivity index is 2.08. The lowest BCUT2D eigenvalue weighted by Gasteiger charge is -2.07. The molecule has 0 saturated heterocycles. The summed E-state index contributed by atoms with van der Waals surface area (Å²) in [6, 6.07) is 12.6. The Bertz CT molecular complexity index is 608. The fourth-order valence-electron chi connectivity index (χ4n) is 1.82. The molecule has 4 heteroatoms. The van der Waals surface area contributed by atoms with Crippen LogP contribution in [0, 0.1) is 6.92 Å². The van der Waals surface area contributed by atoms with Gasteiger partial charge >= 0.3 is 0 Å². The topological polar surface area (TPSA) is 49.3 Å². The molecule has 20 heavy (non-hydrogen) atoms. The summed E-state index contributed by atoms with van der Waals surface area (Å²) in [5.41, 5.74) is 3.15. The van der Waals surface area contributed by atoms with E-state index in [1.807, 2.05) is 24.3 Å². The van der Waals surface area contributed by atoms with Gasteiger partial charge in [-0.1, -0.05) is 34.1 Å². The normalized spacial score (nSPS) is 10.3. The Hall–Kier alpha value is -1.81. The smallest absolute Gasteiger partial charge is 0.255 e. The van der Waals surface area contributed by atoms with Crippen molar-refractivity contribution in [3.63, 3.8) is 0 Å². The first-order valence-corrected chi connectivity index (χ1v) is 7.48. The number of nitrogens with one attached hydrogen (secondary N) is 1. The summed E-state index contributed by atoms with van der Waals surface area (Å²) in [6.45, 7) is 1.79. The number of carbonyl (C=O) groups is 1. The van der Waals surface area contributed by atoms with E-state index in [9.17, 15) is 9.90 Å². The molecule has 2 aromatic carbocycles. The molecule has 0 aliphatic heterocycles. The Labute approximate surface area is 126 Å². The number of aromatic hydroxyl groups is 1. The van der Waals surface area contributed by atoms with Gasteiger partial charge in [-0.3, -0.25) is 4.79 Å². The second-order valence-electron chi connectivity index (χ2n) is 4.59. The van der Waals surface area contributed by atoms with Gasteiger partial charge in [0.2, 0.25) is 0 Å². The lowest BCUT2D eigenvalue weighted by atomic mass is 10.1. The zero-order valence-electron chi connectivity index (χ0n) is 11.2. The number of hydrogen-bond acceptors (Lipinski definition) is 2. The molecular formula is C16H16BrNO2. The van der Waals surface area contributed by atoms with Gasteiger partial charge in [0.15, 0.2) is 0 Å². The van der Waals surface area contributed by atoms with Gasteiger partial charge in [-0.25, -0.2) is 0 Å². The van der Waals surface area contributed by atoms with Gasteiger partial charge in [0, 0.05) is 16.6 Å². The number of hydrogen-bond donors (Lipinski definition) is 2. The number of phenolic OH excluding ortho intramolecular Hbond substituents is 1. The number of halogens is 1. The van der Waals surface area contributed by atoms with Crippen molar-refractivity contribution in [2.24, 2.45) is 0 Å². The summed E-state index contributed by atoms with van der Waals surface area (Å²) < 4.78 is 0. The molecule has 0 aromatic heterocycles. The first-order valence-electron chi connectivity index (χ1n) is 6.36. The van der Waals surface area contributed by atoms with Crippen molar-refractivity contribution in [1.82, 2.24) is 0 Å². The third-order valence-electron chi connectivity index (χ3n) is 3.07. The van der Waals surface area contributed by atoms with Crippen LogP contribution in [-0.4, -0.2) is 16.3 Å². The van der Waals surface area contributed by atoms with Crippen molar-refractivity contribution in [2.75, 3.05) is 10.6 Å². The Kier molecular flexibility index (Phi) is 4.79. The van der Waals surface area contributed by atoms with E-state index < -0.39 is 0 Å². The van der Waals surface area contributed by atoms with Crippen LogP contribution >= 0.6 is 15.9 Å². The quantitative estimate of drug-likeness (QED) is 0.834. The predicted octanol–water partition coefficient (Wildman–Crippen LogP) is 3.89. The number of alkyl halides is 1. The van der Waals surface area contributed by atoms with Crippen molar-refractivity contribution in [1.29, 1.82) is 0 Å². The van der Waals surface area contributed by atoms with Crippen LogP contribution in [-0.2, 0) is 6.42 Å². The molecular weight excluding hydrogens is 318 g/mol. The molecule has 2 aromatic rings. The molecule has 0 saturated carbocycles. The number of amides is 1. The fourth-order valence-corrected chi connectivity index (χ4v) is 2.28. The highest BCUT2D eigenvalue weighted by Crippen LogP contribution is 2.19. The highest BCUT2D eigenvalue weighted by atomic mass is 79.9. The molecule has 2 N–H and O–H groups in total. The molecule has 0 aliphatic rings. The Morgan fingerprint density at radius 3 is 2.50 bits per heavy atom. The molecule has 104 valence electrons. The van der Waals surface area contributed by atoms with Crippen LogP contribution in [0.3, 0.4) is 0 Å². The number of carbonyl (C=O) groups excluding carboxylic acids is 1. The van der Waals surface area contributed by atoms with Gasteiger partial charge in [-0.2, -0.15) is 0 Å². The molecule has 0 radical (unpaired) electrons. The van der Waals surface area contributed by atoms with Crippen LogP contribution in [0.1, 0.15) is 21.5 Å². The van der Waals surface area contributed by atoms with E-state index in [1.54, 1.807) is 19.1 Å². The van der Waals surface area contributed by atoms with Gasteiger partial charge < -0.3 is 10.4 Å². The SMILES string of the molecule is Cc1ccc(C(=O)Nc2ccc(CCBr)cc2)cc1O. The third kappa shape index (κ3) is 3.61. The van der Waals surface area contributed by atoms with E-state index in [4.69, 9.17) is 0 Å². The average Bonchev–Trinajstić information content (AvgIpc) is 2.44. The standard InChI is InChI=1S/C16H16BrNO2/c1-11-2-5-13(10-15(11)19)16(20)18-14-6-3-12(4-7-14)8-9-17/h2-7,10,19H,8-9H2,1H3,(H,18,20). The minimum atomic E-state index is -0.228. The second-order valence-corrected chi connectivity index (χ2v) is 5.38. The number of aryl methyl sites for hydroxylation is 2. The van der Waals surface area contributed by atoms with Crippen LogP contribution in [0.4, 0.5) is 5.69 Å². The molecule has 2 rings (SSSR count). The Morgan fingerprint density at radius 2 is 1.90 bits per heavy atom. The molecule has 0 unspecified atom stereocenters. The van der Waals surface area contributed by atoms with Gasteiger partial charge in [0.1, 0.15) is 5.75 Å².